The van der Waals surface area contributed by atoms with E-state index in [0.717, 1.165) is 0 Å². The largest absolute Gasteiger partial charge is 0.492 e. The molecule has 11 heteroatoms. The van der Waals surface area contributed by atoms with Crippen molar-refractivity contribution in [2.45, 2.75) is 19.4 Å². The molecule has 0 saturated carbocycles. The van der Waals surface area contributed by atoms with Gasteiger partial charge in [0.1, 0.15) is 10.4 Å². The molecule has 4 aromatic rings. The molecule has 0 unspecified atom stereocenters. The molecule has 0 saturated heterocycles. The first kappa shape index (κ1) is 20.6. The molecule has 3 aromatic heterocycles. The average molecular weight is 467 g/mol. The number of thiophene rings is 1. The van der Waals surface area contributed by atoms with Gasteiger partial charge in [-0.2, -0.15) is 0 Å². The van der Waals surface area contributed by atoms with Crippen molar-refractivity contribution in [2.75, 3.05) is 6.61 Å². The fraction of sp³-hybridized carbons (Fsp3) is 0.263. The minimum Gasteiger partial charge on any atom is -0.492 e. The molecule has 0 atom stereocenters. The minimum absolute atomic E-state index is 0.0486. The molecule has 0 amide bonds. The normalized spacial score (nSPS) is 11.3. The van der Waals surface area contributed by atoms with Crippen molar-refractivity contribution in [2.24, 2.45) is 7.05 Å². The van der Waals surface area contributed by atoms with Crippen LogP contribution in [0.3, 0.4) is 0 Å². The summed E-state index contributed by atoms with van der Waals surface area (Å²) in [6.07, 6.45) is 0.635. The van der Waals surface area contributed by atoms with Gasteiger partial charge in [-0.05, 0) is 36.1 Å². The van der Waals surface area contributed by atoms with Crippen molar-refractivity contribution >= 4 is 56.5 Å². The number of hydrogen-bond acceptors (Lipinski definition) is 7. The Kier molecular flexibility index (Phi) is 5.94. The average Bonchev–Trinajstić information content (AvgIpc) is 3.36. The first-order chi connectivity index (χ1) is 14.5. The monoisotopic (exact) mass is 466 g/mol. The van der Waals surface area contributed by atoms with E-state index in [2.05, 4.69) is 10.2 Å². The maximum Gasteiger partial charge on any atom is 0.306 e. The summed E-state index contributed by atoms with van der Waals surface area (Å²) in [4.78, 5) is 24.4. The van der Waals surface area contributed by atoms with Gasteiger partial charge in [0.15, 0.2) is 12.4 Å². The number of ether oxygens (including phenoxy) is 2. The zero-order valence-corrected chi connectivity index (χ0v) is 18.1. The minimum atomic E-state index is -0.385. The number of esters is 1. The van der Waals surface area contributed by atoms with Crippen LogP contribution >= 0.6 is 34.5 Å². The highest BCUT2D eigenvalue weighted by Crippen LogP contribution is 2.27. The first-order valence-electron chi connectivity index (χ1n) is 8.99. The third kappa shape index (κ3) is 4.00. The number of fused-ring (bicyclic) bond motifs is 3. The van der Waals surface area contributed by atoms with Crippen LogP contribution in [0.4, 0.5) is 0 Å². The van der Waals surface area contributed by atoms with E-state index in [9.17, 15) is 9.59 Å². The van der Waals surface area contributed by atoms with Crippen molar-refractivity contribution in [3.63, 3.8) is 0 Å². The first-order valence-corrected chi connectivity index (χ1v) is 10.6. The number of carbonyl (C=O) groups excluding carboxylic acids is 1. The highest BCUT2D eigenvalue weighted by molar-refractivity contribution is 7.17. The van der Waals surface area contributed by atoms with Gasteiger partial charge in [0.25, 0.3) is 5.56 Å². The van der Waals surface area contributed by atoms with Crippen LogP contribution in [0.15, 0.2) is 34.4 Å². The molecular formula is C19H16Cl2N4O4S. The Labute approximate surface area is 184 Å². The van der Waals surface area contributed by atoms with Crippen LogP contribution in [0, 0.1) is 0 Å². The summed E-state index contributed by atoms with van der Waals surface area (Å²) in [5.74, 6) is 0.963. The maximum absolute atomic E-state index is 12.3. The topological polar surface area (TPSA) is 87.7 Å². The third-order valence-corrected chi connectivity index (χ3v) is 5.86. The van der Waals surface area contributed by atoms with Gasteiger partial charge >= 0.3 is 5.97 Å². The predicted molar refractivity (Wildman–Crippen MR) is 115 cm³/mol. The van der Waals surface area contributed by atoms with E-state index in [0.29, 0.717) is 50.6 Å². The summed E-state index contributed by atoms with van der Waals surface area (Å²) in [5, 5.41) is 10.9. The summed E-state index contributed by atoms with van der Waals surface area (Å²) in [5.41, 5.74) is 0.562. The molecule has 30 heavy (non-hydrogen) atoms. The predicted octanol–water partition coefficient (Wildman–Crippen LogP) is 3.85. The second-order valence-corrected chi connectivity index (χ2v) is 8.20. The SMILES string of the molecule is Cn1c(=O)c2sccc2n2c(COC(=O)CCCOc3ccc(Cl)cc3Cl)nnc12. The maximum atomic E-state index is 12.3. The Morgan fingerprint density at radius 2 is 2.07 bits per heavy atom. The second-order valence-electron chi connectivity index (χ2n) is 6.44. The molecule has 8 nitrogen and oxygen atoms in total. The Bertz CT molecular complexity index is 1300. The van der Waals surface area contributed by atoms with Gasteiger partial charge in [0.05, 0.1) is 17.1 Å². The Balaban J connectivity index is 1.35. The molecule has 3 heterocycles. The number of aromatic nitrogens is 4. The fourth-order valence-electron chi connectivity index (χ4n) is 2.95. The summed E-state index contributed by atoms with van der Waals surface area (Å²) in [7, 11) is 1.63. The van der Waals surface area contributed by atoms with Crippen molar-refractivity contribution in [3.8, 4) is 5.75 Å². The molecule has 0 aliphatic heterocycles. The molecule has 0 spiro atoms. The quantitative estimate of drug-likeness (QED) is 0.303. The van der Waals surface area contributed by atoms with Crippen LogP contribution in [0.2, 0.25) is 10.0 Å². The van der Waals surface area contributed by atoms with Crippen LogP contribution in [-0.4, -0.2) is 31.7 Å². The summed E-state index contributed by atoms with van der Waals surface area (Å²) in [6, 6.07) is 6.77. The lowest BCUT2D eigenvalue weighted by Gasteiger charge is -2.08. The summed E-state index contributed by atoms with van der Waals surface area (Å²) < 4.78 is 14.6. The number of aryl methyl sites for hydroxylation is 1. The van der Waals surface area contributed by atoms with Gasteiger partial charge in [-0.3, -0.25) is 18.6 Å². The lowest BCUT2D eigenvalue weighted by atomic mass is 10.3. The molecule has 0 N–H and O–H groups in total. The standard InChI is InChI=1S/C19H16Cl2N4O4S/c1-24-18(27)17-13(6-8-30-17)25-15(22-23-19(24)25)10-29-16(26)3-2-7-28-14-5-4-11(20)9-12(14)21/h4-6,8-9H,2-3,7,10H2,1H3. The zero-order valence-electron chi connectivity index (χ0n) is 15.8. The molecule has 0 fully saturated rings. The number of rotatable bonds is 7. The number of nitrogens with zero attached hydrogens (tertiary/aromatic N) is 4. The van der Waals surface area contributed by atoms with Crippen molar-refractivity contribution in [3.05, 3.63) is 55.9 Å². The molecule has 0 aliphatic carbocycles. The lowest BCUT2D eigenvalue weighted by molar-refractivity contribution is -0.145. The van der Waals surface area contributed by atoms with Crippen LogP contribution < -0.4 is 10.3 Å². The molecule has 4 rings (SSSR count). The highest BCUT2D eigenvalue weighted by Gasteiger charge is 2.16. The van der Waals surface area contributed by atoms with Gasteiger partial charge in [-0.1, -0.05) is 23.2 Å². The summed E-state index contributed by atoms with van der Waals surface area (Å²) >= 11 is 13.2. The van der Waals surface area contributed by atoms with E-state index in [1.54, 1.807) is 29.6 Å². The Morgan fingerprint density at radius 1 is 1.23 bits per heavy atom. The van der Waals surface area contributed by atoms with Crippen molar-refractivity contribution in [1.29, 1.82) is 0 Å². The van der Waals surface area contributed by atoms with E-state index in [-0.39, 0.29) is 24.6 Å². The van der Waals surface area contributed by atoms with Crippen LogP contribution in [-0.2, 0) is 23.2 Å². The molecule has 156 valence electrons. The molecule has 1 aromatic carbocycles. The smallest absolute Gasteiger partial charge is 0.306 e. The number of benzene rings is 1. The molecule has 0 bridgehead atoms. The Hall–Kier alpha value is -2.62. The number of halogens is 2. The zero-order chi connectivity index (χ0) is 21.3. The van der Waals surface area contributed by atoms with Crippen LogP contribution in [0.25, 0.3) is 16.0 Å². The fourth-order valence-corrected chi connectivity index (χ4v) is 4.27. The van der Waals surface area contributed by atoms with E-state index < -0.39 is 0 Å². The van der Waals surface area contributed by atoms with Crippen molar-refractivity contribution < 1.29 is 14.3 Å². The molecule has 0 aliphatic rings. The van der Waals surface area contributed by atoms with E-state index in [1.807, 2.05) is 11.4 Å². The van der Waals surface area contributed by atoms with Gasteiger partial charge in [0.2, 0.25) is 5.78 Å². The number of carbonyl (C=O) groups is 1. The lowest BCUT2D eigenvalue weighted by Crippen LogP contribution is -2.19. The third-order valence-electron chi connectivity index (χ3n) is 4.44. The summed E-state index contributed by atoms with van der Waals surface area (Å²) in [6.45, 7) is 0.259. The molecular weight excluding hydrogens is 451 g/mol. The Morgan fingerprint density at radius 3 is 2.87 bits per heavy atom. The van der Waals surface area contributed by atoms with Gasteiger partial charge in [-0.25, -0.2) is 0 Å². The van der Waals surface area contributed by atoms with E-state index in [1.165, 1.54) is 15.9 Å². The van der Waals surface area contributed by atoms with Crippen molar-refractivity contribution in [1.82, 2.24) is 19.2 Å². The highest BCUT2D eigenvalue weighted by atomic mass is 35.5. The van der Waals surface area contributed by atoms with Gasteiger partial charge in [0, 0.05) is 18.5 Å². The van der Waals surface area contributed by atoms with E-state index in [4.69, 9.17) is 32.7 Å². The van der Waals surface area contributed by atoms with Crippen LogP contribution in [0.1, 0.15) is 18.7 Å². The van der Waals surface area contributed by atoms with Crippen LogP contribution in [0.5, 0.6) is 5.75 Å². The van der Waals surface area contributed by atoms with Gasteiger partial charge < -0.3 is 9.47 Å². The van der Waals surface area contributed by atoms with E-state index >= 15 is 0 Å². The number of hydrogen-bond donors (Lipinski definition) is 0. The van der Waals surface area contributed by atoms with Gasteiger partial charge in [-0.15, -0.1) is 21.5 Å². The molecule has 0 radical (unpaired) electrons. The second kappa shape index (κ2) is 8.63.